The van der Waals surface area contributed by atoms with Gasteiger partial charge in [0, 0.05) is 18.5 Å². The van der Waals surface area contributed by atoms with Crippen molar-refractivity contribution in [2.45, 2.75) is 26.2 Å². The predicted octanol–water partition coefficient (Wildman–Crippen LogP) is 2.39. The van der Waals surface area contributed by atoms with Crippen LogP contribution in [0, 0.1) is 5.92 Å². The Morgan fingerprint density at radius 3 is 2.89 bits per heavy atom. The van der Waals surface area contributed by atoms with Crippen LogP contribution in [0.5, 0.6) is 0 Å². The number of anilines is 2. The second kappa shape index (κ2) is 4.94. The van der Waals surface area contributed by atoms with Crippen LogP contribution in [-0.4, -0.2) is 23.6 Å². The number of nitrogens with two attached hydrogens (primary N) is 1. The summed E-state index contributed by atoms with van der Waals surface area (Å²) in [6, 6.07) is 2.21. The molecule has 102 valence electrons. The van der Waals surface area contributed by atoms with Gasteiger partial charge in [-0.05, 0) is 31.2 Å². The summed E-state index contributed by atoms with van der Waals surface area (Å²) in [7, 11) is 2.10. The second-order valence-corrected chi connectivity index (χ2v) is 6.24. The number of fused-ring (bicyclic) bond motifs is 1. The highest BCUT2D eigenvalue weighted by atomic mass is 32.1. The number of hydrazine groups is 1. The van der Waals surface area contributed by atoms with E-state index in [0.29, 0.717) is 5.95 Å². The zero-order valence-corrected chi connectivity index (χ0v) is 12.1. The molecular formula is C13H19N5S. The molecule has 0 spiro atoms. The van der Waals surface area contributed by atoms with E-state index in [1.807, 2.05) is 0 Å². The Bertz CT molecular complexity index is 590. The Morgan fingerprint density at radius 2 is 2.26 bits per heavy atom. The molecule has 0 atom stereocenters. The molecule has 19 heavy (non-hydrogen) atoms. The van der Waals surface area contributed by atoms with Gasteiger partial charge >= 0.3 is 0 Å². The fourth-order valence-corrected chi connectivity index (χ4v) is 3.22. The minimum absolute atomic E-state index is 0.495. The minimum Gasteiger partial charge on any atom is -0.359 e. The first-order valence-corrected chi connectivity index (χ1v) is 7.51. The molecule has 5 nitrogen and oxygen atoms in total. The monoisotopic (exact) mass is 277 g/mol. The normalized spacial score (nSPS) is 14.9. The van der Waals surface area contributed by atoms with Gasteiger partial charge in [0.15, 0.2) is 0 Å². The summed E-state index contributed by atoms with van der Waals surface area (Å²) in [4.78, 5) is 13.6. The van der Waals surface area contributed by atoms with Gasteiger partial charge in [-0.1, -0.05) is 6.92 Å². The number of aryl methyl sites for hydroxylation is 1. The van der Waals surface area contributed by atoms with E-state index in [2.05, 4.69) is 40.3 Å². The van der Waals surface area contributed by atoms with Crippen LogP contribution in [0.15, 0.2) is 6.07 Å². The smallest absolute Gasteiger partial charge is 0.240 e. The predicted molar refractivity (Wildman–Crippen MR) is 80.6 cm³/mol. The second-order valence-electron chi connectivity index (χ2n) is 5.12. The molecule has 1 aliphatic carbocycles. The summed E-state index contributed by atoms with van der Waals surface area (Å²) in [5.41, 5.74) is 2.57. The molecule has 0 aliphatic heterocycles. The summed E-state index contributed by atoms with van der Waals surface area (Å²) in [6.07, 6.45) is 3.70. The van der Waals surface area contributed by atoms with Crippen LogP contribution < -0.4 is 16.2 Å². The van der Waals surface area contributed by atoms with Crippen molar-refractivity contribution in [2.24, 2.45) is 11.8 Å². The quantitative estimate of drug-likeness (QED) is 0.649. The maximum absolute atomic E-state index is 5.47. The van der Waals surface area contributed by atoms with Crippen molar-refractivity contribution in [1.82, 2.24) is 9.97 Å². The zero-order chi connectivity index (χ0) is 13.4. The Morgan fingerprint density at radius 1 is 1.47 bits per heavy atom. The van der Waals surface area contributed by atoms with E-state index in [4.69, 9.17) is 5.84 Å². The molecule has 3 rings (SSSR count). The summed E-state index contributed by atoms with van der Waals surface area (Å²) in [5.74, 6) is 7.78. The van der Waals surface area contributed by atoms with Crippen molar-refractivity contribution >= 4 is 33.3 Å². The van der Waals surface area contributed by atoms with E-state index in [0.717, 1.165) is 34.9 Å². The van der Waals surface area contributed by atoms with Gasteiger partial charge in [-0.15, -0.1) is 11.3 Å². The van der Waals surface area contributed by atoms with Crippen LogP contribution in [0.1, 0.15) is 24.6 Å². The zero-order valence-electron chi connectivity index (χ0n) is 11.3. The molecule has 3 N–H and O–H groups in total. The molecule has 6 heteroatoms. The molecule has 0 amide bonds. The van der Waals surface area contributed by atoms with E-state index < -0.39 is 0 Å². The van der Waals surface area contributed by atoms with Crippen molar-refractivity contribution in [3.8, 4) is 0 Å². The summed E-state index contributed by atoms with van der Waals surface area (Å²) in [5, 5.41) is 1.14. The summed E-state index contributed by atoms with van der Waals surface area (Å²) < 4.78 is 0. The van der Waals surface area contributed by atoms with Gasteiger partial charge < -0.3 is 4.90 Å². The number of nitrogen functional groups attached to an aromatic ring is 1. The van der Waals surface area contributed by atoms with Gasteiger partial charge in [0.2, 0.25) is 5.95 Å². The molecule has 2 heterocycles. The molecule has 0 unspecified atom stereocenters. The minimum atomic E-state index is 0.495. The van der Waals surface area contributed by atoms with Gasteiger partial charge in [-0.2, -0.15) is 4.98 Å². The van der Waals surface area contributed by atoms with E-state index in [1.54, 1.807) is 11.3 Å². The maximum Gasteiger partial charge on any atom is 0.240 e. The van der Waals surface area contributed by atoms with E-state index in [1.165, 1.54) is 17.7 Å². The van der Waals surface area contributed by atoms with Gasteiger partial charge in [-0.3, -0.25) is 5.43 Å². The number of rotatable bonds is 5. The Hall–Kier alpha value is -1.40. The fraction of sp³-hybridized carbons (Fsp3) is 0.538. The lowest BCUT2D eigenvalue weighted by molar-refractivity contribution is 0.779. The molecule has 2 aromatic heterocycles. The van der Waals surface area contributed by atoms with Crippen molar-refractivity contribution < 1.29 is 0 Å². The number of aromatic nitrogens is 2. The molecule has 0 aromatic carbocycles. The molecule has 1 saturated carbocycles. The highest BCUT2D eigenvalue weighted by molar-refractivity contribution is 7.18. The molecular weight excluding hydrogens is 258 g/mol. The van der Waals surface area contributed by atoms with Crippen molar-refractivity contribution in [3.05, 3.63) is 10.9 Å². The Balaban J connectivity index is 2.05. The van der Waals surface area contributed by atoms with Crippen LogP contribution >= 0.6 is 11.3 Å². The van der Waals surface area contributed by atoms with Gasteiger partial charge in [0.05, 0.1) is 5.39 Å². The fourth-order valence-electron chi connectivity index (χ4n) is 2.26. The van der Waals surface area contributed by atoms with Crippen LogP contribution in [0.3, 0.4) is 0 Å². The van der Waals surface area contributed by atoms with E-state index in [-0.39, 0.29) is 0 Å². The van der Waals surface area contributed by atoms with Gasteiger partial charge in [0.1, 0.15) is 10.6 Å². The lowest BCUT2D eigenvalue weighted by Crippen LogP contribution is -2.22. The lowest BCUT2D eigenvalue weighted by atomic mass is 10.3. The van der Waals surface area contributed by atoms with Crippen molar-refractivity contribution in [2.75, 3.05) is 23.9 Å². The molecule has 0 radical (unpaired) electrons. The Labute approximate surface area is 116 Å². The standard InChI is InChI=1S/C13H19N5S/c1-3-9-6-10-11(18(2)7-8-4-5-8)15-13(17-14)16-12(10)19-9/h6,8H,3-5,7,14H2,1-2H3,(H,15,16,17). The highest BCUT2D eigenvalue weighted by Crippen LogP contribution is 2.35. The van der Waals surface area contributed by atoms with E-state index >= 15 is 0 Å². The van der Waals surface area contributed by atoms with Crippen LogP contribution in [0.25, 0.3) is 10.2 Å². The third kappa shape index (κ3) is 2.50. The number of hydrogen-bond acceptors (Lipinski definition) is 6. The van der Waals surface area contributed by atoms with Gasteiger partial charge in [0.25, 0.3) is 0 Å². The molecule has 1 aliphatic rings. The first kappa shape index (κ1) is 12.6. The lowest BCUT2D eigenvalue weighted by Gasteiger charge is -2.19. The van der Waals surface area contributed by atoms with Crippen molar-refractivity contribution in [1.29, 1.82) is 0 Å². The SMILES string of the molecule is CCc1cc2c(N(C)CC3CC3)nc(NN)nc2s1. The maximum atomic E-state index is 5.47. The number of thiophene rings is 1. The first-order chi connectivity index (χ1) is 9.21. The molecule has 0 saturated heterocycles. The first-order valence-electron chi connectivity index (χ1n) is 6.69. The Kier molecular flexibility index (Phi) is 3.28. The molecule has 1 fully saturated rings. The van der Waals surface area contributed by atoms with Crippen molar-refractivity contribution in [3.63, 3.8) is 0 Å². The number of nitrogens with zero attached hydrogens (tertiary/aromatic N) is 3. The highest BCUT2D eigenvalue weighted by Gasteiger charge is 2.24. The van der Waals surface area contributed by atoms with Gasteiger partial charge in [-0.25, -0.2) is 10.8 Å². The number of nitrogens with one attached hydrogen (secondary N) is 1. The third-order valence-electron chi connectivity index (χ3n) is 3.49. The summed E-state index contributed by atoms with van der Waals surface area (Å²) in [6.45, 7) is 3.22. The van der Waals surface area contributed by atoms with Crippen LogP contribution in [0.4, 0.5) is 11.8 Å². The van der Waals surface area contributed by atoms with E-state index in [9.17, 15) is 0 Å². The molecule has 2 aromatic rings. The average molecular weight is 277 g/mol. The molecule has 0 bridgehead atoms. The van der Waals surface area contributed by atoms with Crippen LogP contribution in [-0.2, 0) is 6.42 Å². The number of hydrogen-bond donors (Lipinski definition) is 2. The van der Waals surface area contributed by atoms with Crippen LogP contribution in [0.2, 0.25) is 0 Å². The largest absolute Gasteiger partial charge is 0.359 e. The average Bonchev–Trinajstić information content (AvgIpc) is 3.13. The topological polar surface area (TPSA) is 67.1 Å². The summed E-state index contributed by atoms with van der Waals surface area (Å²) >= 11 is 1.72. The third-order valence-corrected chi connectivity index (χ3v) is 4.67.